The van der Waals surface area contributed by atoms with Gasteiger partial charge in [0.25, 0.3) is 0 Å². The number of nitrogens with zero attached hydrogens (tertiary/aromatic N) is 1. The van der Waals surface area contributed by atoms with Crippen molar-refractivity contribution in [3.8, 4) is 5.75 Å². The fourth-order valence-corrected chi connectivity index (χ4v) is 1.70. The summed E-state index contributed by atoms with van der Waals surface area (Å²) in [5.74, 6) is 2.04. The van der Waals surface area contributed by atoms with Crippen LogP contribution in [0.2, 0.25) is 5.02 Å². The number of fused-ring (bicyclic) bond motifs is 1. The second-order valence-electron chi connectivity index (χ2n) is 3.75. The van der Waals surface area contributed by atoms with Gasteiger partial charge in [-0.2, -0.15) is 0 Å². The van der Waals surface area contributed by atoms with Gasteiger partial charge in [0.05, 0.1) is 12.1 Å². The summed E-state index contributed by atoms with van der Waals surface area (Å²) >= 11 is 6.07. The van der Waals surface area contributed by atoms with Gasteiger partial charge in [-0.1, -0.05) is 25.4 Å². The van der Waals surface area contributed by atoms with Crippen LogP contribution in [0.15, 0.2) is 12.1 Å². The Morgan fingerprint density at radius 1 is 1.40 bits per heavy atom. The first kappa shape index (κ1) is 10.3. The molecule has 2 aromatic rings. The minimum absolute atomic E-state index is 0.346. The summed E-state index contributed by atoms with van der Waals surface area (Å²) in [5.41, 5.74) is 1.65. The lowest BCUT2D eigenvalue weighted by atomic mass is 10.2. The highest BCUT2D eigenvalue weighted by atomic mass is 35.5. The zero-order valence-electron chi connectivity index (χ0n) is 8.97. The molecule has 0 bridgehead atoms. The van der Waals surface area contributed by atoms with Gasteiger partial charge in [-0.25, -0.2) is 4.98 Å². The highest BCUT2D eigenvalue weighted by molar-refractivity contribution is 6.35. The summed E-state index contributed by atoms with van der Waals surface area (Å²) in [5, 5.41) is 0.647. The minimum Gasteiger partial charge on any atom is -0.494 e. The lowest BCUT2D eigenvalue weighted by molar-refractivity contribution is 0.419. The van der Waals surface area contributed by atoms with Crippen LogP contribution in [0.4, 0.5) is 0 Å². The van der Waals surface area contributed by atoms with Crippen LogP contribution in [0, 0.1) is 0 Å². The van der Waals surface area contributed by atoms with Gasteiger partial charge in [-0.05, 0) is 12.1 Å². The van der Waals surface area contributed by atoms with E-state index in [1.807, 2.05) is 6.07 Å². The second-order valence-corrected chi connectivity index (χ2v) is 4.16. The van der Waals surface area contributed by atoms with E-state index in [1.165, 1.54) is 0 Å². The van der Waals surface area contributed by atoms with Gasteiger partial charge in [0.1, 0.15) is 22.6 Å². The van der Waals surface area contributed by atoms with Gasteiger partial charge in [0.15, 0.2) is 0 Å². The van der Waals surface area contributed by atoms with Gasteiger partial charge < -0.3 is 9.72 Å². The number of ether oxygens (including phenoxy) is 1. The number of rotatable bonds is 2. The molecule has 0 aliphatic heterocycles. The van der Waals surface area contributed by atoms with Crippen LogP contribution in [0.1, 0.15) is 25.6 Å². The normalized spacial score (nSPS) is 11.3. The Labute approximate surface area is 93.4 Å². The van der Waals surface area contributed by atoms with Gasteiger partial charge in [-0.15, -0.1) is 0 Å². The van der Waals surface area contributed by atoms with Gasteiger partial charge in [0.2, 0.25) is 0 Å². The lowest BCUT2D eigenvalue weighted by Crippen LogP contribution is -1.88. The van der Waals surface area contributed by atoms with Crippen molar-refractivity contribution in [2.75, 3.05) is 7.11 Å². The smallest absolute Gasteiger partial charge is 0.144 e. The zero-order chi connectivity index (χ0) is 11.0. The van der Waals surface area contributed by atoms with Crippen LogP contribution < -0.4 is 4.74 Å². The molecule has 0 fully saturated rings. The minimum atomic E-state index is 0.346. The highest BCUT2D eigenvalue weighted by Crippen LogP contribution is 2.30. The molecule has 1 heterocycles. The third kappa shape index (κ3) is 1.67. The molecule has 1 aromatic carbocycles. The molecule has 3 nitrogen and oxygen atoms in total. The van der Waals surface area contributed by atoms with Crippen LogP contribution in [0.25, 0.3) is 11.0 Å². The fourth-order valence-electron chi connectivity index (χ4n) is 1.50. The molecule has 0 aliphatic carbocycles. The standard InChI is InChI=1S/C11H13ClN2O/c1-6(2)11-13-9-7(12)4-5-8(15-3)10(9)14-11/h4-6H,1-3H3,(H,13,14). The molecule has 0 saturated heterocycles. The average Bonchev–Trinajstić information content (AvgIpc) is 2.64. The van der Waals surface area contributed by atoms with Crippen molar-refractivity contribution in [1.82, 2.24) is 9.97 Å². The van der Waals surface area contributed by atoms with E-state index in [4.69, 9.17) is 16.3 Å². The Bertz CT molecular complexity index is 491. The number of nitrogens with one attached hydrogen (secondary N) is 1. The monoisotopic (exact) mass is 224 g/mol. The molecule has 2 rings (SSSR count). The molecule has 0 radical (unpaired) electrons. The molecule has 80 valence electrons. The van der Waals surface area contributed by atoms with Crippen LogP contribution >= 0.6 is 11.6 Å². The molecule has 0 amide bonds. The van der Waals surface area contributed by atoms with Gasteiger partial charge in [0, 0.05) is 5.92 Å². The van der Waals surface area contributed by atoms with Crippen molar-refractivity contribution in [2.24, 2.45) is 0 Å². The summed E-state index contributed by atoms with van der Waals surface area (Å²) in [4.78, 5) is 7.69. The Morgan fingerprint density at radius 2 is 2.13 bits per heavy atom. The van der Waals surface area contributed by atoms with E-state index in [1.54, 1.807) is 13.2 Å². The Kier molecular flexibility index (Phi) is 2.57. The maximum Gasteiger partial charge on any atom is 0.144 e. The fraction of sp³-hybridized carbons (Fsp3) is 0.364. The largest absolute Gasteiger partial charge is 0.494 e. The third-order valence-corrected chi connectivity index (χ3v) is 2.65. The molecule has 0 atom stereocenters. The third-order valence-electron chi connectivity index (χ3n) is 2.34. The Hall–Kier alpha value is -1.22. The molecule has 0 unspecified atom stereocenters. The summed E-state index contributed by atoms with van der Waals surface area (Å²) in [6.07, 6.45) is 0. The molecule has 1 N–H and O–H groups in total. The summed E-state index contributed by atoms with van der Waals surface area (Å²) in [6, 6.07) is 3.64. The lowest BCUT2D eigenvalue weighted by Gasteiger charge is -2.00. The molecule has 0 aliphatic rings. The first-order valence-corrected chi connectivity index (χ1v) is 5.23. The van der Waals surface area contributed by atoms with Gasteiger partial charge in [-0.3, -0.25) is 0 Å². The number of aromatic nitrogens is 2. The summed E-state index contributed by atoms with van der Waals surface area (Å²) in [7, 11) is 1.64. The Morgan fingerprint density at radius 3 is 2.73 bits per heavy atom. The molecule has 4 heteroatoms. The second kappa shape index (κ2) is 3.74. The van der Waals surface area contributed by atoms with Crippen molar-refractivity contribution in [3.05, 3.63) is 23.0 Å². The summed E-state index contributed by atoms with van der Waals surface area (Å²) in [6.45, 7) is 4.16. The number of benzene rings is 1. The van der Waals surface area contributed by atoms with Crippen LogP contribution in [-0.4, -0.2) is 17.1 Å². The highest BCUT2D eigenvalue weighted by Gasteiger charge is 2.12. The molecule has 0 saturated carbocycles. The van der Waals surface area contributed by atoms with E-state index >= 15 is 0 Å². The Balaban J connectivity index is 2.72. The van der Waals surface area contributed by atoms with Crippen molar-refractivity contribution in [2.45, 2.75) is 19.8 Å². The van der Waals surface area contributed by atoms with E-state index in [0.717, 1.165) is 22.6 Å². The number of methoxy groups -OCH3 is 1. The maximum atomic E-state index is 6.07. The van der Waals surface area contributed by atoms with Crippen LogP contribution in [0.3, 0.4) is 0 Å². The molecule has 15 heavy (non-hydrogen) atoms. The summed E-state index contributed by atoms with van der Waals surface area (Å²) < 4.78 is 5.25. The average molecular weight is 225 g/mol. The van der Waals surface area contributed by atoms with Crippen molar-refractivity contribution >= 4 is 22.6 Å². The van der Waals surface area contributed by atoms with Crippen LogP contribution in [0.5, 0.6) is 5.75 Å². The zero-order valence-corrected chi connectivity index (χ0v) is 9.72. The van der Waals surface area contributed by atoms with E-state index in [0.29, 0.717) is 10.9 Å². The van der Waals surface area contributed by atoms with E-state index < -0.39 is 0 Å². The molecule has 0 spiro atoms. The van der Waals surface area contributed by atoms with Crippen molar-refractivity contribution in [1.29, 1.82) is 0 Å². The number of hydrogen-bond acceptors (Lipinski definition) is 2. The van der Waals surface area contributed by atoms with E-state index in [2.05, 4.69) is 23.8 Å². The molecular weight excluding hydrogens is 212 g/mol. The number of H-pyrrole nitrogens is 1. The number of imidazole rings is 1. The van der Waals surface area contributed by atoms with Crippen molar-refractivity contribution in [3.63, 3.8) is 0 Å². The number of halogens is 1. The maximum absolute atomic E-state index is 6.07. The molecule has 1 aromatic heterocycles. The van der Waals surface area contributed by atoms with E-state index in [9.17, 15) is 0 Å². The SMILES string of the molecule is COc1ccc(Cl)c2nc(C(C)C)[nH]c12. The first-order valence-electron chi connectivity index (χ1n) is 4.85. The quantitative estimate of drug-likeness (QED) is 0.850. The first-order chi connectivity index (χ1) is 7.13. The molecular formula is C11H13ClN2O. The van der Waals surface area contributed by atoms with E-state index in [-0.39, 0.29) is 0 Å². The predicted octanol–water partition coefficient (Wildman–Crippen LogP) is 3.35. The topological polar surface area (TPSA) is 37.9 Å². The van der Waals surface area contributed by atoms with Crippen LogP contribution in [-0.2, 0) is 0 Å². The number of hydrogen-bond donors (Lipinski definition) is 1. The van der Waals surface area contributed by atoms with Crippen molar-refractivity contribution < 1.29 is 4.74 Å². The van der Waals surface area contributed by atoms with Gasteiger partial charge >= 0.3 is 0 Å². The number of aromatic amines is 1. The predicted molar refractivity (Wildman–Crippen MR) is 61.7 cm³/mol.